The van der Waals surface area contributed by atoms with Gasteiger partial charge in [-0.3, -0.25) is 4.79 Å². The van der Waals surface area contributed by atoms with Crippen molar-refractivity contribution in [3.63, 3.8) is 0 Å². The first-order valence-electron chi connectivity index (χ1n) is 8.47. The molecule has 0 heterocycles. The van der Waals surface area contributed by atoms with Crippen LogP contribution in [0.5, 0.6) is 0 Å². The number of ether oxygens (including phenoxy) is 2. The van der Waals surface area contributed by atoms with Gasteiger partial charge in [0.1, 0.15) is 0 Å². The van der Waals surface area contributed by atoms with Gasteiger partial charge in [0.15, 0.2) is 0 Å². The van der Waals surface area contributed by atoms with Gasteiger partial charge in [0.05, 0.1) is 13.2 Å². The minimum Gasteiger partial charge on any atom is -0.344 e. The van der Waals surface area contributed by atoms with Gasteiger partial charge in [-0.2, -0.15) is 0 Å². The summed E-state index contributed by atoms with van der Waals surface area (Å²) in [6, 6.07) is 0. The molecule has 0 radical (unpaired) electrons. The van der Waals surface area contributed by atoms with Crippen molar-refractivity contribution in [1.82, 2.24) is 4.90 Å². The molecule has 0 aliphatic carbocycles. The first-order valence-corrected chi connectivity index (χ1v) is 8.47. The molecule has 0 bridgehead atoms. The maximum Gasteiger partial charge on any atom is 0.282 e. The predicted molar refractivity (Wildman–Crippen MR) is 87.3 cm³/mol. The smallest absolute Gasteiger partial charge is 0.282 e. The summed E-state index contributed by atoms with van der Waals surface area (Å²) in [5.74, 6) is -1.25. The second-order valence-corrected chi connectivity index (χ2v) is 5.96. The Bertz CT molecular complexity index is 253. The van der Waals surface area contributed by atoms with Gasteiger partial charge in [-0.15, -0.1) is 0 Å². The van der Waals surface area contributed by atoms with Gasteiger partial charge >= 0.3 is 0 Å². The third-order valence-corrected chi connectivity index (χ3v) is 3.55. The van der Waals surface area contributed by atoms with Crippen LogP contribution in [0.25, 0.3) is 0 Å². The molecule has 126 valence electrons. The van der Waals surface area contributed by atoms with Crippen LogP contribution in [-0.2, 0) is 14.3 Å². The Morgan fingerprint density at radius 3 is 1.62 bits per heavy atom. The molecule has 0 aromatic heterocycles. The SMILES string of the molecule is CCCCCCOC(C)(OCCCCCC)C(=O)N(C)C. The molecular weight excluding hydrogens is 266 g/mol. The highest BCUT2D eigenvalue weighted by atomic mass is 16.7. The zero-order valence-electron chi connectivity index (χ0n) is 14.7. The van der Waals surface area contributed by atoms with Gasteiger partial charge in [0.25, 0.3) is 5.91 Å². The fourth-order valence-electron chi connectivity index (χ4n) is 2.16. The van der Waals surface area contributed by atoms with Crippen molar-refractivity contribution in [1.29, 1.82) is 0 Å². The summed E-state index contributed by atoms with van der Waals surface area (Å²) >= 11 is 0. The van der Waals surface area contributed by atoms with Crippen molar-refractivity contribution in [2.45, 2.75) is 77.9 Å². The summed E-state index contributed by atoms with van der Waals surface area (Å²) in [6.45, 7) is 7.25. The average molecular weight is 301 g/mol. The van der Waals surface area contributed by atoms with E-state index in [1.807, 2.05) is 0 Å². The minimum atomic E-state index is -1.14. The summed E-state index contributed by atoms with van der Waals surface area (Å²) in [4.78, 5) is 13.8. The van der Waals surface area contributed by atoms with Crippen LogP contribution in [-0.4, -0.2) is 43.9 Å². The van der Waals surface area contributed by atoms with E-state index in [0.29, 0.717) is 13.2 Å². The highest BCUT2D eigenvalue weighted by molar-refractivity contribution is 5.82. The summed E-state index contributed by atoms with van der Waals surface area (Å²) in [6.07, 6.45) is 9.04. The summed E-state index contributed by atoms with van der Waals surface area (Å²) in [5.41, 5.74) is 0. The van der Waals surface area contributed by atoms with Gasteiger partial charge in [0, 0.05) is 14.1 Å². The van der Waals surface area contributed by atoms with Crippen LogP contribution in [0.3, 0.4) is 0 Å². The van der Waals surface area contributed by atoms with E-state index in [0.717, 1.165) is 25.7 Å². The number of hydrogen-bond acceptors (Lipinski definition) is 3. The summed E-state index contributed by atoms with van der Waals surface area (Å²) in [5, 5.41) is 0. The van der Waals surface area contributed by atoms with Crippen LogP contribution in [0.4, 0.5) is 0 Å². The third kappa shape index (κ3) is 9.10. The molecule has 0 aliphatic rings. The second-order valence-electron chi connectivity index (χ2n) is 5.96. The normalized spacial score (nSPS) is 11.7. The van der Waals surface area contributed by atoms with E-state index in [4.69, 9.17) is 9.47 Å². The quantitative estimate of drug-likeness (QED) is 0.381. The number of carbonyl (C=O) groups excluding carboxylic acids is 1. The number of nitrogens with zero attached hydrogens (tertiary/aromatic N) is 1. The second kappa shape index (κ2) is 12.0. The Labute approximate surface area is 131 Å². The predicted octanol–water partition coefficient (Wildman–Crippen LogP) is 3.98. The van der Waals surface area contributed by atoms with E-state index in [-0.39, 0.29) is 5.91 Å². The molecule has 4 heteroatoms. The summed E-state index contributed by atoms with van der Waals surface area (Å²) in [7, 11) is 3.48. The number of hydrogen-bond donors (Lipinski definition) is 0. The van der Waals surface area contributed by atoms with Crippen LogP contribution in [0.15, 0.2) is 0 Å². The highest BCUT2D eigenvalue weighted by Gasteiger charge is 2.36. The Morgan fingerprint density at radius 2 is 1.29 bits per heavy atom. The van der Waals surface area contributed by atoms with E-state index in [2.05, 4.69) is 13.8 Å². The molecule has 0 saturated heterocycles. The lowest BCUT2D eigenvalue weighted by molar-refractivity contribution is -0.229. The zero-order chi connectivity index (χ0) is 16.1. The van der Waals surface area contributed by atoms with Crippen LogP contribution in [0.1, 0.15) is 72.1 Å². The Hall–Kier alpha value is -0.610. The molecule has 0 aromatic carbocycles. The lowest BCUT2D eigenvalue weighted by Gasteiger charge is -2.31. The van der Waals surface area contributed by atoms with E-state index in [9.17, 15) is 4.79 Å². The lowest BCUT2D eigenvalue weighted by atomic mass is 10.2. The van der Waals surface area contributed by atoms with Crippen molar-refractivity contribution >= 4 is 5.91 Å². The molecule has 0 saturated carbocycles. The fourth-order valence-corrected chi connectivity index (χ4v) is 2.16. The number of likely N-dealkylation sites (N-methyl/N-ethyl adjacent to an activating group) is 1. The van der Waals surface area contributed by atoms with E-state index in [1.165, 1.54) is 30.6 Å². The minimum absolute atomic E-state index is 0.117. The van der Waals surface area contributed by atoms with Gasteiger partial charge < -0.3 is 14.4 Å². The van der Waals surface area contributed by atoms with Crippen molar-refractivity contribution in [2.24, 2.45) is 0 Å². The number of unbranched alkanes of at least 4 members (excludes halogenated alkanes) is 6. The van der Waals surface area contributed by atoms with Gasteiger partial charge in [0.2, 0.25) is 5.79 Å². The number of carbonyl (C=O) groups is 1. The topological polar surface area (TPSA) is 38.8 Å². The van der Waals surface area contributed by atoms with Crippen LogP contribution < -0.4 is 0 Å². The number of amides is 1. The molecule has 0 atom stereocenters. The molecule has 21 heavy (non-hydrogen) atoms. The van der Waals surface area contributed by atoms with Crippen LogP contribution in [0, 0.1) is 0 Å². The van der Waals surface area contributed by atoms with Gasteiger partial charge in [-0.1, -0.05) is 52.4 Å². The molecule has 0 aromatic rings. The maximum absolute atomic E-state index is 12.3. The van der Waals surface area contributed by atoms with Gasteiger partial charge in [-0.05, 0) is 19.8 Å². The molecule has 0 rings (SSSR count). The Morgan fingerprint density at radius 1 is 0.857 bits per heavy atom. The highest BCUT2D eigenvalue weighted by Crippen LogP contribution is 2.18. The first-order chi connectivity index (χ1) is 9.98. The Kier molecular flexibility index (Phi) is 11.6. The molecule has 0 N–H and O–H groups in total. The van der Waals surface area contributed by atoms with E-state index < -0.39 is 5.79 Å². The molecule has 0 unspecified atom stereocenters. The van der Waals surface area contributed by atoms with Crippen molar-refractivity contribution in [3.8, 4) is 0 Å². The molecule has 0 aliphatic heterocycles. The zero-order valence-corrected chi connectivity index (χ0v) is 14.7. The van der Waals surface area contributed by atoms with Crippen molar-refractivity contribution in [2.75, 3.05) is 27.3 Å². The van der Waals surface area contributed by atoms with Crippen molar-refractivity contribution < 1.29 is 14.3 Å². The fraction of sp³-hybridized carbons (Fsp3) is 0.941. The largest absolute Gasteiger partial charge is 0.344 e. The van der Waals surface area contributed by atoms with E-state index in [1.54, 1.807) is 21.0 Å². The maximum atomic E-state index is 12.3. The lowest BCUT2D eigenvalue weighted by Crippen LogP contribution is -2.48. The molecule has 1 amide bonds. The number of rotatable bonds is 13. The molecule has 4 nitrogen and oxygen atoms in total. The van der Waals surface area contributed by atoms with E-state index >= 15 is 0 Å². The average Bonchev–Trinajstić information content (AvgIpc) is 2.46. The standard InChI is InChI=1S/C17H35NO3/c1-6-8-10-12-14-20-17(3,16(19)18(4)5)21-15-13-11-9-7-2/h6-15H2,1-5H3. The summed E-state index contributed by atoms with van der Waals surface area (Å²) < 4.78 is 11.6. The third-order valence-electron chi connectivity index (χ3n) is 3.55. The van der Waals surface area contributed by atoms with Crippen LogP contribution >= 0.6 is 0 Å². The monoisotopic (exact) mass is 301 g/mol. The Balaban J connectivity index is 4.24. The molecule has 0 fully saturated rings. The molecular formula is C17H35NO3. The van der Waals surface area contributed by atoms with Crippen LogP contribution in [0.2, 0.25) is 0 Å². The van der Waals surface area contributed by atoms with Crippen molar-refractivity contribution in [3.05, 3.63) is 0 Å². The van der Waals surface area contributed by atoms with Gasteiger partial charge in [-0.25, -0.2) is 0 Å². The molecule has 0 spiro atoms. The first kappa shape index (κ1) is 20.4.